The van der Waals surface area contributed by atoms with Gasteiger partial charge in [0.1, 0.15) is 16.7 Å². The Balaban J connectivity index is 0.000000121. The number of rotatable bonds is 7. The van der Waals surface area contributed by atoms with Crippen molar-refractivity contribution < 1.29 is 8.83 Å². The first-order valence-corrected chi connectivity index (χ1v) is 31.5. The standard InChI is InChI=1S/C42H28N2O.C23H14BrNO.C19H15N/c1-2-11-28(12-3-1)32-17-8-20-39-37(32)25-30-13-4-7-19-38(30)44(39)40-21-9-18-36-35-23-22-29(26-41(35)45-42(36)40)33-15-5-6-16-34(33)31-14-10-24-43-27-31;24-21-9-3-8-20-19-11-10-15(13-22(19)26-23(20)21)17-6-1-2-7-18(17)16-5-4-12-25-14-16;1-2-7-14(8-3-1)16-10-6-12-19-17(16)13-15-9-4-5-11-18(15)20-19/h1-27,38H;1-14H;1-13,18,20H. The number of allylic oxidation sites excluding steroid dienone is 4. The summed E-state index contributed by atoms with van der Waals surface area (Å²) in [6, 6.07) is 85.3. The van der Waals surface area contributed by atoms with E-state index in [9.17, 15) is 0 Å². The number of benzene rings is 10. The second-order valence-corrected chi connectivity index (χ2v) is 23.8. The van der Waals surface area contributed by atoms with Gasteiger partial charge in [0.15, 0.2) is 5.58 Å². The molecule has 14 aromatic rings. The van der Waals surface area contributed by atoms with Crippen molar-refractivity contribution in [3.63, 3.8) is 0 Å². The van der Waals surface area contributed by atoms with Gasteiger partial charge in [0.2, 0.25) is 0 Å². The van der Waals surface area contributed by atoms with E-state index in [1.54, 1.807) is 6.20 Å². The summed E-state index contributed by atoms with van der Waals surface area (Å²) in [5.41, 5.74) is 26.1. The van der Waals surface area contributed by atoms with Gasteiger partial charge in [-0.05, 0) is 156 Å². The minimum Gasteiger partial charge on any atom is -0.455 e. The number of aromatic nitrogens is 2. The fraction of sp³-hybridized carbons (Fsp3) is 0.0238. The second-order valence-electron chi connectivity index (χ2n) is 22.9. The molecule has 0 saturated carbocycles. The zero-order valence-corrected chi connectivity index (χ0v) is 51.0. The van der Waals surface area contributed by atoms with Crippen molar-refractivity contribution in [1.82, 2.24) is 9.97 Å². The minimum absolute atomic E-state index is 0.0641. The highest BCUT2D eigenvalue weighted by molar-refractivity contribution is 9.10. The molecule has 6 heterocycles. The van der Waals surface area contributed by atoms with Gasteiger partial charge >= 0.3 is 0 Å². The number of nitrogens with zero attached hydrogens (tertiary/aromatic N) is 3. The van der Waals surface area contributed by atoms with Crippen LogP contribution in [0.3, 0.4) is 0 Å². The lowest BCUT2D eigenvalue weighted by Crippen LogP contribution is -2.34. The Labute approximate surface area is 536 Å². The van der Waals surface area contributed by atoms with E-state index in [4.69, 9.17) is 8.83 Å². The normalized spacial score (nSPS) is 14.9. The molecule has 0 saturated heterocycles. The molecule has 432 valence electrons. The summed E-state index contributed by atoms with van der Waals surface area (Å²) in [5.74, 6) is 0. The fourth-order valence-electron chi connectivity index (χ4n) is 13.3. The van der Waals surface area contributed by atoms with Crippen LogP contribution in [0.25, 0.3) is 123 Å². The molecule has 0 bridgehead atoms. The molecule has 1 N–H and O–H groups in total. The molecule has 4 aliphatic rings. The number of anilines is 3. The smallest absolute Gasteiger partial charge is 0.159 e. The monoisotopic (exact) mass is 1230 g/mol. The van der Waals surface area contributed by atoms with Gasteiger partial charge in [-0.3, -0.25) is 9.97 Å². The van der Waals surface area contributed by atoms with Crippen LogP contribution in [0.2, 0.25) is 0 Å². The quantitative estimate of drug-likeness (QED) is 0.172. The predicted octanol–water partition coefficient (Wildman–Crippen LogP) is 22.7. The maximum Gasteiger partial charge on any atom is 0.159 e. The predicted molar refractivity (Wildman–Crippen MR) is 382 cm³/mol. The molecule has 0 spiro atoms. The van der Waals surface area contributed by atoms with Crippen molar-refractivity contribution >= 4 is 89.0 Å². The molecule has 2 aliphatic heterocycles. The minimum atomic E-state index is 0.0641. The Hall–Kier alpha value is -11.4. The van der Waals surface area contributed by atoms with Crippen LogP contribution in [0.4, 0.5) is 17.1 Å². The number of pyridine rings is 2. The van der Waals surface area contributed by atoms with Crippen LogP contribution in [-0.2, 0) is 0 Å². The largest absolute Gasteiger partial charge is 0.455 e. The van der Waals surface area contributed by atoms with E-state index >= 15 is 0 Å². The van der Waals surface area contributed by atoms with E-state index < -0.39 is 0 Å². The molecule has 0 amide bonds. The molecule has 10 aromatic carbocycles. The number of para-hydroxylation sites is 2. The lowest BCUT2D eigenvalue weighted by molar-refractivity contribution is 0.666. The lowest BCUT2D eigenvalue weighted by Gasteiger charge is -2.38. The first-order valence-electron chi connectivity index (χ1n) is 30.7. The Morgan fingerprint density at radius 2 is 0.868 bits per heavy atom. The first-order chi connectivity index (χ1) is 45.1. The molecule has 7 heteroatoms. The molecule has 18 rings (SSSR count). The first kappa shape index (κ1) is 55.0. The number of fused-ring (bicyclic) bond motifs is 10. The van der Waals surface area contributed by atoms with Crippen LogP contribution in [0.1, 0.15) is 11.1 Å². The van der Waals surface area contributed by atoms with Crippen molar-refractivity contribution in [3.8, 4) is 66.8 Å². The Kier molecular flexibility index (Phi) is 14.5. The third-order valence-corrected chi connectivity index (χ3v) is 18.2. The number of hydrogen-bond acceptors (Lipinski definition) is 6. The molecule has 2 aliphatic carbocycles. The average Bonchev–Trinajstić information content (AvgIpc) is 1.76. The molecule has 2 unspecified atom stereocenters. The zero-order valence-electron chi connectivity index (χ0n) is 49.4. The Morgan fingerprint density at radius 1 is 0.374 bits per heavy atom. The second kappa shape index (κ2) is 24.0. The summed E-state index contributed by atoms with van der Waals surface area (Å²) in [7, 11) is 0. The number of halogens is 1. The van der Waals surface area contributed by atoms with Gasteiger partial charge < -0.3 is 19.1 Å². The van der Waals surface area contributed by atoms with Crippen molar-refractivity contribution in [2.24, 2.45) is 0 Å². The zero-order chi connectivity index (χ0) is 60.6. The van der Waals surface area contributed by atoms with Gasteiger partial charge in [0.25, 0.3) is 0 Å². The van der Waals surface area contributed by atoms with Gasteiger partial charge in [0, 0.05) is 80.0 Å². The topological polar surface area (TPSA) is 67.3 Å². The van der Waals surface area contributed by atoms with Gasteiger partial charge in [-0.1, -0.05) is 231 Å². The maximum atomic E-state index is 6.84. The van der Waals surface area contributed by atoms with Crippen molar-refractivity contribution in [2.75, 3.05) is 10.2 Å². The molecule has 2 atom stereocenters. The van der Waals surface area contributed by atoms with Crippen LogP contribution < -0.4 is 10.2 Å². The number of furan rings is 2. The van der Waals surface area contributed by atoms with Gasteiger partial charge in [0.05, 0.1) is 22.2 Å². The fourth-order valence-corrected chi connectivity index (χ4v) is 13.7. The van der Waals surface area contributed by atoms with Crippen LogP contribution in [0, 0.1) is 0 Å². The molecular weight excluding hydrogens is 1180 g/mol. The maximum absolute atomic E-state index is 6.84. The van der Waals surface area contributed by atoms with Gasteiger partial charge in [-0.15, -0.1) is 0 Å². The summed E-state index contributed by atoms with van der Waals surface area (Å²) in [4.78, 5) is 11.1. The molecule has 0 radical (unpaired) electrons. The van der Waals surface area contributed by atoms with E-state index in [0.717, 1.165) is 93.0 Å². The highest BCUT2D eigenvalue weighted by Crippen LogP contribution is 2.48. The summed E-state index contributed by atoms with van der Waals surface area (Å²) >= 11 is 3.58. The number of nitrogens with one attached hydrogen (secondary N) is 1. The highest BCUT2D eigenvalue weighted by atomic mass is 79.9. The average molecular weight is 1230 g/mol. The SMILES string of the molecule is Brc1cccc2c1oc1cc(-c3ccccc3-c3cccnc3)ccc12.C1=CC2=Cc3c(-c4ccccc4)cccc3N(c3cccc4c3oc3cc(-c5ccccc5-c5cccnc5)ccc34)C2C=C1.C1=CC2=Cc3c(cccc3-c3ccccc3)NC2C=C1. The highest BCUT2D eigenvalue weighted by Gasteiger charge is 2.32. The Morgan fingerprint density at radius 3 is 1.49 bits per heavy atom. The summed E-state index contributed by atoms with van der Waals surface area (Å²) in [5, 5.41) is 8.08. The van der Waals surface area contributed by atoms with Crippen molar-refractivity contribution in [2.45, 2.75) is 12.1 Å². The third kappa shape index (κ3) is 10.4. The van der Waals surface area contributed by atoms with Gasteiger partial charge in [-0.25, -0.2) is 0 Å². The number of hydrogen-bond donors (Lipinski definition) is 1. The van der Waals surface area contributed by atoms with Crippen molar-refractivity contribution in [1.29, 1.82) is 0 Å². The van der Waals surface area contributed by atoms with E-state index in [1.165, 1.54) is 61.5 Å². The van der Waals surface area contributed by atoms with Crippen LogP contribution in [-0.4, -0.2) is 22.1 Å². The third-order valence-electron chi connectivity index (χ3n) is 17.5. The summed E-state index contributed by atoms with van der Waals surface area (Å²) in [6.07, 6.45) is 29.4. The lowest BCUT2D eigenvalue weighted by atomic mass is 9.87. The van der Waals surface area contributed by atoms with Crippen LogP contribution >= 0.6 is 15.9 Å². The summed E-state index contributed by atoms with van der Waals surface area (Å²) < 4.78 is 13.9. The van der Waals surface area contributed by atoms with E-state index in [-0.39, 0.29) is 6.04 Å². The molecule has 91 heavy (non-hydrogen) atoms. The molecule has 0 fully saturated rings. The summed E-state index contributed by atoms with van der Waals surface area (Å²) in [6.45, 7) is 0. The van der Waals surface area contributed by atoms with Crippen LogP contribution in [0.15, 0.2) is 341 Å². The van der Waals surface area contributed by atoms with Crippen molar-refractivity contribution in [3.05, 3.63) is 343 Å². The van der Waals surface area contributed by atoms with E-state index in [2.05, 4.69) is 315 Å². The molecule has 6 nitrogen and oxygen atoms in total. The molecule has 4 aromatic heterocycles. The van der Waals surface area contributed by atoms with Crippen LogP contribution in [0.5, 0.6) is 0 Å². The van der Waals surface area contributed by atoms with E-state index in [1.807, 2.05) is 42.9 Å². The Bertz CT molecular complexity index is 5290. The van der Waals surface area contributed by atoms with Gasteiger partial charge in [-0.2, -0.15) is 0 Å². The molecular formula is C84H57BrN4O2. The van der Waals surface area contributed by atoms with E-state index in [0.29, 0.717) is 6.04 Å².